The van der Waals surface area contributed by atoms with Crippen LogP contribution in [0, 0.1) is 0 Å². The van der Waals surface area contributed by atoms with Crippen LogP contribution < -0.4 is 0 Å². The summed E-state index contributed by atoms with van der Waals surface area (Å²) in [5.74, 6) is 0. The maximum Gasteiger partial charge on any atom is 0.263 e. The molecule has 0 amide bonds. The lowest BCUT2D eigenvalue weighted by Gasteiger charge is -2.29. The molecule has 8 heteroatoms. The first-order valence-electron chi connectivity index (χ1n) is 5.21. The summed E-state index contributed by atoms with van der Waals surface area (Å²) in [6.45, 7) is 2.89. The fourth-order valence-corrected chi connectivity index (χ4v) is 3.58. The minimum Gasteiger partial charge on any atom is -0.376 e. The van der Waals surface area contributed by atoms with Gasteiger partial charge < -0.3 is 9.30 Å². The third-order valence-corrected chi connectivity index (χ3v) is 4.98. The van der Waals surface area contributed by atoms with Crippen LogP contribution in [0.15, 0.2) is 11.4 Å². The largest absolute Gasteiger partial charge is 0.376 e. The van der Waals surface area contributed by atoms with E-state index in [2.05, 4.69) is 4.98 Å². The Bertz CT molecular complexity index is 514. The third-order valence-electron chi connectivity index (χ3n) is 2.62. The highest BCUT2D eigenvalue weighted by Crippen LogP contribution is 2.23. The molecule has 2 heterocycles. The molecule has 0 N–H and O–H groups in total. The minimum absolute atomic E-state index is 0.0873. The van der Waals surface area contributed by atoms with E-state index in [9.17, 15) is 8.42 Å². The van der Waals surface area contributed by atoms with Crippen LogP contribution in [-0.4, -0.2) is 48.1 Å². The van der Waals surface area contributed by atoms with Crippen molar-refractivity contribution in [1.29, 1.82) is 0 Å². The summed E-state index contributed by atoms with van der Waals surface area (Å²) in [4.78, 5) is 3.85. The summed E-state index contributed by atoms with van der Waals surface area (Å²) < 4.78 is 32.7. The smallest absolute Gasteiger partial charge is 0.263 e. The number of hydrogen-bond donors (Lipinski definition) is 0. The van der Waals surface area contributed by atoms with E-state index in [1.165, 1.54) is 15.2 Å². The highest BCUT2D eigenvalue weighted by molar-refractivity contribution is 7.89. The molecule has 96 valence electrons. The van der Waals surface area contributed by atoms with Crippen molar-refractivity contribution in [3.05, 3.63) is 11.5 Å². The quantitative estimate of drug-likeness (QED) is 0.790. The zero-order valence-corrected chi connectivity index (χ0v) is 11.2. The molecule has 17 heavy (non-hydrogen) atoms. The van der Waals surface area contributed by atoms with E-state index in [1.807, 2.05) is 6.92 Å². The van der Waals surface area contributed by atoms with Gasteiger partial charge in [0, 0.05) is 20.1 Å². The van der Waals surface area contributed by atoms with Gasteiger partial charge in [0.05, 0.1) is 19.0 Å². The van der Waals surface area contributed by atoms with Crippen LogP contribution in [0.5, 0.6) is 0 Å². The average molecular weight is 280 g/mol. The second-order valence-electron chi connectivity index (χ2n) is 4.00. The summed E-state index contributed by atoms with van der Waals surface area (Å²) in [7, 11) is -1.97. The SMILES string of the molecule is C[C@@H]1CN(S(=O)(=O)c2ncn(C)c2Cl)CCO1. The molecule has 0 saturated carbocycles. The van der Waals surface area contributed by atoms with Crippen molar-refractivity contribution in [3.63, 3.8) is 0 Å². The maximum absolute atomic E-state index is 12.3. The summed E-state index contributed by atoms with van der Waals surface area (Å²) in [6.07, 6.45) is 1.28. The van der Waals surface area contributed by atoms with Gasteiger partial charge in [-0.2, -0.15) is 4.31 Å². The predicted octanol–water partition coefficient (Wildman–Crippen LogP) is 0.483. The van der Waals surface area contributed by atoms with Crippen molar-refractivity contribution >= 4 is 21.6 Å². The molecule has 1 aromatic rings. The second kappa shape index (κ2) is 4.56. The molecule has 1 fully saturated rings. The van der Waals surface area contributed by atoms with Gasteiger partial charge in [-0.05, 0) is 6.92 Å². The van der Waals surface area contributed by atoms with Crippen molar-refractivity contribution in [2.75, 3.05) is 19.7 Å². The van der Waals surface area contributed by atoms with E-state index < -0.39 is 10.0 Å². The number of halogens is 1. The lowest BCUT2D eigenvalue weighted by atomic mass is 10.3. The molecule has 1 aliphatic heterocycles. The monoisotopic (exact) mass is 279 g/mol. The summed E-state index contributed by atoms with van der Waals surface area (Å²) >= 11 is 5.91. The van der Waals surface area contributed by atoms with Gasteiger partial charge in [0.2, 0.25) is 5.03 Å². The van der Waals surface area contributed by atoms with Gasteiger partial charge in [-0.3, -0.25) is 0 Å². The Labute approximate surface area is 105 Å². The topological polar surface area (TPSA) is 64.4 Å². The van der Waals surface area contributed by atoms with Gasteiger partial charge in [0.15, 0.2) is 0 Å². The molecule has 6 nitrogen and oxygen atoms in total. The van der Waals surface area contributed by atoms with Crippen molar-refractivity contribution in [3.8, 4) is 0 Å². The van der Waals surface area contributed by atoms with E-state index in [0.717, 1.165) is 0 Å². The number of ether oxygens (including phenoxy) is 1. The van der Waals surface area contributed by atoms with E-state index in [0.29, 0.717) is 19.7 Å². The average Bonchev–Trinajstić information content (AvgIpc) is 2.60. The number of morpholine rings is 1. The third kappa shape index (κ3) is 2.33. The zero-order chi connectivity index (χ0) is 12.6. The van der Waals surface area contributed by atoms with Gasteiger partial charge in [-0.1, -0.05) is 11.6 Å². The molecular weight excluding hydrogens is 266 g/mol. The Morgan fingerprint density at radius 1 is 1.59 bits per heavy atom. The fourth-order valence-electron chi connectivity index (χ4n) is 1.69. The fraction of sp³-hybridized carbons (Fsp3) is 0.667. The highest BCUT2D eigenvalue weighted by atomic mass is 35.5. The number of rotatable bonds is 2. The van der Waals surface area contributed by atoms with Crippen LogP contribution in [0.2, 0.25) is 5.15 Å². The molecule has 0 radical (unpaired) electrons. The van der Waals surface area contributed by atoms with Gasteiger partial charge >= 0.3 is 0 Å². The Morgan fingerprint density at radius 2 is 2.29 bits per heavy atom. The molecule has 0 unspecified atom stereocenters. The van der Waals surface area contributed by atoms with Crippen molar-refractivity contribution < 1.29 is 13.2 Å². The summed E-state index contributed by atoms with van der Waals surface area (Å²) in [6, 6.07) is 0. The number of hydrogen-bond acceptors (Lipinski definition) is 4. The number of sulfonamides is 1. The Kier molecular flexibility index (Phi) is 3.44. The van der Waals surface area contributed by atoms with E-state index in [1.54, 1.807) is 7.05 Å². The van der Waals surface area contributed by atoms with E-state index in [-0.39, 0.29) is 16.3 Å². The van der Waals surface area contributed by atoms with Crippen LogP contribution in [0.1, 0.15) is 6.92 Å². The second-order valence-corrected chi connectivity index (χ2v) is 6.21. The van der Waals surface area contributed by atoms with Crippen molar-refractivity contribution in [1.82, 2.24) is 13.9 Å². The van der Waals surface area contributed by atoms with Gasteiger partial charge in [-0.25, -0.2) is 13.4 Å². The van der Waals surface area contributed by atoms with Crippen LogP contribution >= 0.6 is 11.6 Å². The predicted molar refractivity (Wildman–Crippen MR) is 62.4 cm³/mol. The Balaban J connectivity index is 2.33. The van der Waals surface area contributed by atoms with E-state index >= 15 is 0 Å². The van der Waals surface area contributed by atoms with Crippen molar-refractivity contribution in [2.45, 2.75) is 18.1 Å². The van der Waals surface area contributed by atoms with Crippen LogP contribution in [0.25, 0.3) is 0 Å². The summed E-state index contributed by atoms with van der Waals surface area (Å²) in [5, 5.41) is 0.0416. The molecule has 0 aliphatic carbocycles. The van der Waals surface area contributed by atoms with E-state index in [4.69, 9.17) is 16.3 Å². The molecular formula is C9H14ClN3O3S. The highest BCUT2D eigenvalue weighted by Gasteiger charge is 2.32. The van der Waals surface area contributed by atoms with Gasteiger partial charge in [0.25, 0.3) is 10.0 Å². The maximum atomic E-state index is 12.3. The number of nitrogens with zero attached hydrogens (tertiary/aromatic N) is 3. The number of aryl methyl sites for hydroxylation is 1. The first kappa shape index (κ1) is 12.8. The molecule has 1 atom stereocenters. The molecule has 0 bridgehead atoms. The molecule has 1 saturated heterocycles. The van der Waals surface area contributed by atoms with Crippen LogP contribution in [0.3, 0.4) is 0 Å². The molecule has 1 aliphatic rings. The van der Waals surface area contributed by atoms with Gasteiger partial charge in [-0.15, -0.1) is 0 Å². The normalized spacial score (nSPS) is 22.9. The van der Waals surface area contributed by atoms with Gasteiger partial charge in [0.1, 0.15) is 5.15 Å². The lowest BCUT2D eigenvalue weighted by molar-refractivity contribution is 0.0101. The molecule has 0 aromatic carbocycles. The number of imidazole rings is 1. The van der Waals surface area contributed by atoms with Crippen LogP contribution in [-0.2, 0) is 21.8 Å². The Hall–Kier alpha value is -0.630. The zero-order valence-electron chi connectivity index (χ0n) is 9.63. The molecule has 0 spiro atoms. The first-order valence-corrected chi connectivity index (χ1v) is 7.03. The molecule has 2 rings (SSSR count). The minimum atomic E-state index is -3.62. The number of aromatic nitrogens is 2. The van der Waals surface area contributed by atoms with Crippen LogP contribution in [0.4, 0.5) is 0 Å². The Morgan fingerprint density at radius 3 is 2.82 bits per heavy atom. The molecule has 1 aromatic heterocycles. The standard InChI is InChI=1S/C9H14ClN3O3S/c1-7-5-13(3-4-16-7)17(14,15)9-8(10)12(2)6-11-9/h6-7H,3-5H2,1-2H3/t7-/m1/s1. The van der Waals surface area contributed by atoms with Crippen molar-refractivity contribution in [2.24, 2.45) is 7.05 Å². The summed E-state index contributed by atoms with van der Waals surface area (Å²) in [5.41, 5.74) is 0. The lowest BCUT2D eigenvalue weighted by Crippen LogP contribution is -2.44. The first-order chi connectivity index (χ1) is 7.93.